The fourth-order valence-corrected chi connectivity index (χ4v) is 0.592. The summed E-state index contributed by atoms with van der Waals surface area (Å²) in [4.78, 5) is 11.0. The lowest BCUT2D eigenvalue weighted by atomic mass is 10.3. The third-order valence-electron chi connectivity index (χ3n) is 1.13. The molecule has 0 saturated carbocycles. The van der Waals surface area contributed by atoms with Crippen molar-refractivity contribution < 1.29 is 14.2 Å². The molecule has 0 unspecified atom stereocenters. The van der Waals surface area contributed by atoms with Crippen LogP contribution in [-0.2, 0) is 4.74 Å². The van der Waals surface area contributed by atoms with Crippen LogP contribution in [0.2, 0.25) is 0 Å². The van der Waals surface area contributed by atoms with Gasteiger partial charge in [0.15, 0.2) is 6.61 Å². The maximum Gasteiger partial charge on any atom is 0.363 e. The van der Waals surface area contributed by atoms with Gasteiger partial charge in [0.05, 0.1) is 0 Å². The van der Waals surface area contributed by atoms with Crippen LogP contribution in [0.3, 0.4) is 0 Å². The molecule has 1 heterocycles. The Morgan fingerprint density at radius 1 is 1.75 bits per heavy atom. The van der Waals surface area contributed by atoms with Gasteiger partial charge >= 0.3 is 5.97 Å². The molecule has 62 valence electrons. The standard InChI is InChI=1S/C7H6N2O3/c1-3-4-11-7(10)6-5(2)8-12-9-6/h1H,4H2,2H3. The van der Waals surface area contributed by atoms with Crippen molar-refractivity contribution in [3.63, 3.8) is 0 Å². The van der Waals surface area contributed by atoms with Gasteiger partial charge in [0.2, 0.25) is 5.69 Å². The smallest absolute Gasteiger partial charge is 0.363 e. The Labute approximate surface area is 68.7 Å². The topological polar surface area (TPSA) is 65.2 Å². The van der Waals surface area contributed by atoms with Gasteiger partial charge < -0.3 is 4.74 Å². The molecule has 5 nitrogen and oxygen atoms in total. The van der Waals surface area contributed by atoms with Gasteiger partial charge in [-0.15, -0.1) is 6.42 Å². The number of carbonyl (C=O) groups is 1. The molecule has 0 saturated heterocycles. The second-order valence-corrected chi connectivity index (χ2v) is 1.98. The summed E-state index contributed by atoms with van der Waals surface area (Å²) in [5.74, 6) is 1.54. The summed E-state index contributed by atoms with van der Waals surface area (Å²) in [5, 5.41) is 6.75. The lowest BCUT2D eigenvalue weighted by Crippen LogP contribution is -2.07. The summed E-state index contributed by atoms with van der Waals surface area (Å²) in [5.41, 5.74) is 0.447. The summed E-state index contributed by atoms with van der Waals surface area (Å²) in [6, 6.07) is 0. The van der Waals surface area contributed by atoms with Crippen molar-refractivity contribution in [2.24, 2.45) is 0 Å². The van der Waals surface area contributed by atoms with E-state index in [0.29, 0.717) is 5.69 Å². The highest BCUT2D eigenvalue weighted by Gasteiger charge is 2.15. The monoisotopic (exact) mass is 166 g/mol. The first-order valence-electron chi connectivity index (χ1n) is 3.15. The van der Waals surface area contributed by atoms with Crippen LogP contribution >= 0.6 is 0 Å². The number of hydrogen-bond acceptors (Lipinski definition) is 5. The van der Waals surface area contributed by atoms with E-state index < -0.39 is 5.97 Å². The third kappa shape index (κ3) is 1.61. The van der Waals surface area contributed by atoms with E-state index in [1.165, 1.54) is 0 Å². The van der Waals surface area contributed by atoms with Gasteiger partial charge in [0.1, 0.15) is 5.69 Å². The molecule has 0 amide bonds. The molecule has 1 aromatic rings. The predicted octanol–water partition coefficient (Wildman–Crippen LogP) is 0.168. The molecular formula is C7H6N2O3. The van der Waals surface area contributed by atoms with Crippen LogP contribution in [-0.4, -0.2) is 22.9 Å². The molecule has 0 radical (unpaired) electrons. The molecule has 0 aliphatic heterocycles. The maximum atomic E-state index is 11.0. The Morgan fingerprint density at radius 2 is 2.50 bits per heavy atom. The first kappa shape index (κ1) is 8.27. The first-order chi connectivity index (χ1) is 5.75. The fourth-order valence-electron chi connectivity index (χ4n) is 0.592. The summed E-state index contributed by atoms with van der Waals surface area (Å²) in [6.45, 7) is 1.51. The van der Waals surface area contributed by atoms with Gasteiger partial charge in [0.25, 0.3) is 0 Å². The van der Waals surface area contributed by atoms with Crippen molar-refractivity contribution in [1.29, 1.82) is 0 Å². The molecule has 0 aliphatic rings. The number of esters is 1. The van der Waals surface area contributed by atoms with E-state index in [9.17, 15) is 4.79 Å². The highest BCUT2D eigenvalue weighted by atomic mass is 16.6. The molecular weight excluding hydrogens is 160 g/mol. The second kappa shape index (κ2) is 3.53. The van der Waals surface area contributed by atoms with E-state index in [4.69, 9.17) is 6.42 Å². The second-order valence-electron chi connectivity index (χ2n) is 1.98. The van der Waals surface area contributed by atoms with Crippen LogP contribution in [0.15, 0.2) is 4.63 Å². The normalized spacial score (nSPS) is 9.00. The molecule has 0 spiro atoms. The van der Waals surface area contributed by atoms with Crippen molar-refractivity contribution >= 4 is 5.97 Å². The minimum Gasteiger partial charge on any atom is -0.448 e. The Kier molecular flexibility index (Phi) is 2.43. The molecule has 1 aromatic heterocycles. The highest BCUT2D eigenvalue weighted by molar-refractivity contribution is 5.88. The molecule has 0 bridgehead atoms. The number of terminal acetylenes is 1. The quantitative estimate of drug-likeness (QED) is 0.462. The molecule has 0 aliphatic carbocycles. The van der Waals surface area contributed by atoms with Crippen LogP contribution < -0.4 is 0 Å². The van der Waals surface area contributed by atoms with Crippen molar-refractivity contribution in [1.82, 2.24) is 10.3 Å². The summed E-state index contributed by atoms with van der Waals surface area (Å²) in [7, 11) is 0. The first-order valence-corrected chi connectivity index (χ1v) is 3.15. The Bertz CT molecular complexity index is 324. The molecule has 12 heavy (non-hydrogen) atoms. The largest absolute Gasteiger partial charge is 0.448 e. The van der Waals surface area contributed by atoms with Gasteiger partial charge in [-0.25, -0.2) is 9.42 Å². The number of nitrogens with zero attached hydrogens (tertiary/aromatic N) is 2. The Balaban J connectivity index is 2.67. The number of rotatable bonds is 2. The van der Waals surface area contributed by atoms with Crippen LogP contribution in [0.4, 0.5) is 0 Å². The summed E-state index contributed by atoms with van der Waals surface area (Å²) >= 11 is 0. The highest BCUT2D eigenvalue weighted by Crippen LogP contribution is 2.01. The maximum absolute atomic E-state index is 11.0. The predicted molar refractivity (Wildman–Crippen MR) is 38.2 cm³/mol. The van der Waals surface area contributed by atoms with Crippen LogP contribution in [0, 0.1) is 19.3 Å². The minimum absolute atomic E-state index is 0.0604. The van der Waals surface area contributed by atoms with Gasteiger partial charge in [-0.2, -0.15) is 0 Å². The number of aryl methyl sites for hydroxylation is 1. The van der Waals surface area contributed by atoms with E-state index in [1.807, 2.05) is 0 Å². The van der Waals surface area contributed by atoms with Crippen molar-refractivity contribution in [3.05, 3.63) is 11.4 Å². The van der Waals surface area contributed by atoms with Crippen molar-refractivity contribution in [2.75, 3.05) is 6.61 Å². The van der Waals surface area contributed by atoms with Crippen LogP contribution in [0.5, 0.6) is 0 Å². The van der Waals surface area contributed by atoms with E-state index in [-0.39, 0.29) is 12.3 Å². The minimum atomic E-state index is -0.619. The average molecular weight is 166 g/mol. The SMILES string of the molecule is C#CCOC(=O)c1nonc1C. The number of aromatic nitrogens is 2. The van der Waals surface area contributed by atoms with E-state index in [1.54, 1.807) is 6.92 Å². The van der Waals surface area contributed by atoms with Gasteiger partial charge in [0, 0.05) is 0 Å². The van der Waals surface area contributed by atoms with Gasteiger partial charge in [-0.05, 0) is 12.1 Å². The lowest BCUT2D eigenvalue weighted by Gasteiger charge is -1.94. The zero-order valence-corrected chi connectivity index (χ0v) is 6.40. The fraction of sp³-hybridized carbons (Fsp3) is 0.286. The molecule has 0 atom stereocenters. The molecule has 1 rings (SSSR count). The van der Waals surface area contributed by atoms with E-state index in [2.05, 4.69) is 25.6 Å². The van der Waals surface area contributed by atoms with Gasteiger partial charge in [-0.3, -0.25) is 0 Å². The molecule has 0 N–H and O–H groups in total. The zero-order chi connectivity index (χ0) is 8.97. The van der Waals surface area contributed by atoms with Crippen LogP contribution in [0.25, 0.3) is 0 Å². The van der Waals surface area contributed by atoms with Crippen molar-refractivity contribution in [3.8, 4) is 12.3 Å². The summed E-state index contributed by atoms with van der Waals surface area (Å²) < 4.78 is 8.87. The Hall–Kier alpha value is -1.83. The molecule has 0 aromatic carbocycles. The van der Waals surface area contributed by atoms with Gasteiger partial charge in [-0.1, -0.05) is 11.1 Å². The number of carbonyl (C=O) groups excluding carboxylic acids is 1. The number of hydrogen-bond donors (Lipinski definition) is 0. The molecule has 0 fully saturated rings. The average Bonchev–Trinajstić information content (AvgIpc) is 2.47. The number of ether oxygens (including phenoxy) is 1. The summed E-state index contributed by atoms with van der Waals surface area (Å²) in [6.07, 6.45) is 4.88. The van der Waals surface area contributed by atoms with E-state index >= 15 is 0 Å². The van der Waals surface area contributed by atoms with E-state index in [0.717, 1.165) is 0 Å². The third-order valence-corrected chi connectivity index (χ3v) is 1.13. The zero-order valence-electron chi connectivity index (χ0n) is 6.40. The lowest BCUT2D eigenvalue weighted by molar-refractivity contribution is 0.0544. The van der Waals surface area contributed by atoms with Crippen LogP contribution in [0.1, 0.15) is 16.2 Å². The van der Waals surface area contributed by atoms with Crippen molar-refractivity contribution in [2.45, 2.75) is 6.92 Å². The Morgan fingerprint density at radius 3 is 3.00 bits per heavy atom. The molecule has 5 heteroatoms.